The van der Waals surface area contributed by atoms with Crippen LogP contribution in [0.3, 0.4) is 0 Å². The predicted molar refractivity (Wildman–Crippen MR) is 76.1 cm³/mol. The Morgan fingerprint density at radius 2 is 1.79 bits per heavy atom. The smallest absolute Gasteiger partial charge is 0.255 e. The molecule has 2 rings (SSSR count). The van der Waals surface area contributed by atoms with Gasteiger partial charge >= 0.3 is 0 Å². The summed E-state index contributed by atoms with van der Waals surface area (Å²) in [5.41, 5.74) is 3.17. The minimum absolute atomic E-state index is 0.0920. The van der Waals surface area contributed by atoms with Crippen molar-refractivity contribution in [2.75, 3.05) is 5.32 Å². The van der Waals surface area contributed by atoms with E-state index < -0.39 is 0 Å². The quantitative estimate of drug-likeness (QED) is 0.882. The zero-order valence-corrected chi connectivity index (χ0v) is 10.9. The summed E-state index contributed by atoms with van der Waals surface area (Å²) in [7, 11) is 0. The highest BCUT2D eigenvalue weighted by Crippen LogP contribution is 2.16. The van der Waals surface area contributed by atoms with E-state index in [0.717, 1.165) is 6.42 Å². The average Bonchev–Trinajstić information content (AvgIpc) is 2.48. The normalized spacial score (nSPS) is 10.2. The van der Waals surface area contributed by atoms with E-state index in [1.165, 1.54) is 5.56 Å². The highest BCUT2D eigenvalue weighted by Gasteiger charge is 2.08. The van der Waals surface area contributed by atoms with Crippen LogP contribution in [0.4, 0.5) is 5.69 Å². The Labute approximate surface area is 112 Å². The van der Waals surface area contributed by atoms with E-state index in [0.29, 0.717) is 16.8 Å². The van der Waals surface area contributed by atoms with E-state index in [1.54, 1.807) is 12.1 Å². The number of hydrogen-bond acceptors (Lipinski definition) is 2. The lowest BCUT2D eigenvalue weighted by molar-refractivity contribution is 0.102. The third-order valence-electron chi connectivity index (χ3n) is 3.06. The first-order valence-electron chi connectivity index (χ1n) is 6.33. The van der Waals surface area contributed by atoms with E-state index in [1.807, 2.05) is 36.4 Å². The van der Waals surface area contributed by atoms with Gasteiger partial charge in [-0.25, -0.2) is 0 Å². The molecule has 0 atom stereocenters. The van der Waals surface area contributed by atoms with Gasteiger partial charge in [0.2, 0.25) is 0 Å². The largest absolute Gasteiger partial charge is 0.392 e. The molecule has 2 aromatic carbocycles. The Morgan fingerprint density at radius 3 is 2.42 bits per heavy atom. The van der Waals surface area contributed by atoms with Crippen molar-refractivity contribution >= 4 is 11.6 Å². The average molecular weight is 255 g/mol. The summed E-state index contributed by atoms with van der Waals surface area (Å²) < 4.78 is 0. The minimum Gasteiger partial charge on any atom is -0.392 e. The first-order valence-corrected chi connectivity index (χ1v) is 6.33. The van der Waals surface area contributed by atoms with Gasteiger partial charge in [0.25, 0.3) is 5.91 Å². The van der Waals surface area contributed by atoms with E-state index >= 15 is 0 Å². The number of aliphatic hydroxyl groups is 1. The van der Waals surface area contributed by atoms with Gasteiger partial charge in [0.1, 0.15) is 0 Å². The fourth-order valence-electron chi connectivity index (χ4n) is 1.87. The van der Waals surface area contributed by atoms with Gasteiger partial charge in [-0.15, -0.1) is 0 Å². The van der Waals surface area contributed by atoms with Crippen LogP contribution >= 0.6 is 0 Å². The molecule has 1 amide bonds. The number of amides is 1. The Hall–Kier alpha value is -2.13. The van der Waals surface area contributed by atoms with Gasteiger partial charge < -0.3 is 10.4 Å². The van der Waals surface area contributed by atoms with Crippen LogP contribution in [0.2, 0.25) is 0 Å². The second-order valence-corrected chi connectivity index (χ2v) is 4.32. The maximum Gasteiger partial charge on any atom is 0.255 e. The third-order valence-corrected chi connectivity index (χ3v) is 3.06. The number of anilines is 1. The molecule has 0 spiro atoms. The molecule has 98 valence electrons. The van der Waals surface area contributed by atoms with E-state index in [4.69, 9.17) is 0 Å². The summed E-state index contributed by atoms with van der Waals surface area (Å²) in [5, 5.41) is 12.0. The summed E-state index contributed by atoms with van der Waals surface area (Å²) in [6, 6.07) is 14.8. The van der Waals surface area contributed by atoms with Crippen molar-refractivity contribution in [3.63, 3.8) is 0 Å². The molecule has 0 saturated heterocycles. The van der Waals surface area contributed by atoms with E-state index in [9.17, 15) is 9.90 Å². The zero-order chi connectivity index (χ0) is 13.7. The number of para-hydroxylation sites is 1. The van der Waals surface area contributed by atoms with Crippen molar-refractivity contribution in [2.24, 2.45) is 0 Å². The lowest BCUT2D eigenvalue weighted by atomic mass is 10.1. The first kappa shape index (κ1) is 13.3. The van der Waals surface area contributed by atoms with Gasteiger partial charge in [-0.2, -0.15) is 0 Å². The molecular weight excluding hydrogens is 238 g/mol. The van der Waals surface area contributed by atoms with Crippen molar-refractivity contribution in [2.45, 2.75) is 20.0 Å². The topological polar surface area (TPSA) is 49.3 Å². The molecule has 0 saturated carbocycles. The molecule has 0 radical (unpaired) electrons. The summed E-state index contributed by atoms with van der Waals surface area (Å²) in [6.45, 7) is 1.98. The summed E-state index contributed by atoms with van der Waals surface area (Å²) in [6.07, 6.45) is 0.954. The highest BCUT2D eigenvalue weighted by atomic mass is 16.3. The molecule has 0 bridgehead atoms. The Bertz CT molecular complexity index is 561. The number of nitrogens with one attached hydrogen (secondary N) is 1. The molecular formula is C16H17NO2. The monoisotopic (exact) mass is 255 g/mol. The van der Waals surface area contributed by atoms with Crippen LogP contribution in [-0.4, -0.2) is 11.0 Å². The Balaban J connectivity index is 2.16. The van der Waals surface area contributed by atoms with Crippen LogP contribution in [0.25, 0.3) is 0 Å². The molecule has 0 aliphatic carbocycles. The predicted octanol–water partition coefficient (Wildman–Crippen LogP) is 2.99. The van der Waals surface area contributed by atoms with Crippen molar-refractivity contribution < 1.29 is 9.90 Å². The first-order chi connectivity index (χ1) is 9.24. The fourth-order valence-corrected chi connectivity index (χ4v) is 1.87. The standard InChI is InChI=1S/C16H17NO2/c1-2-12-7-9-13(10-8-12)16(19)17-15-6-4-3-5-14(15)11-18/h3-10,18H,2,11H2,1H3,(H,17,19). The minimum atomic E-state index is -0.163. The Morgan fingerprint density at radius 1 is 1.11 bits per heavy atom. The number of aryl methyl sites for hydroxylation is 1. The number of aliphatic hydroxyl groups excluding tert-OH is 1. The lowest BCUT2D eigenvalue weighted by Crippen LogP contribution is -2.13. The van der Waals surface area contributed by atoms with Gasteiger partial charge in [-0.05, 0) is 30.2 Å². The van der Waals surface area contributed by atoms with Crippen molar-refractivity contribution in [3.05, 3.63) is 65.2 Å². The molecule has 0 aromatic heterocycles. The molecule has 2 N–H and O–H groups in total. The van der Waals surface area contributed by atoms with Crippen LogP contribution in [-0.2, 0) is 13.0 Å². The van der Waals surface area contributed by atoms with Crippen LogP contribution in [0, 0.1) is 0 Å². The fraction of sp³-hybridized carbons (Fsp3) is 0.188. The highest BCUT2D eigenvalue weighted by molar-refractivity contribution is 6.04. The second-order valence-electron chi connectivity index (χ2n) is 4.32. The zero-order valence-electron chi connectivity index (χ0n) is 10.9. The van der Waals surface area contributed by atoms with Crippen LogP contribution < -0.4 is 5.32 Å². The molecule has 0 fully saturated rings. The van der Waals surface area contributed by atoms with E-state index in [-0.39, 0.29) is 12.5 Å². The summed E-state index contributed by atoms with van der Waals surface area (Å²) >= 11 is 0. The summed E-state index contributed by atoms with van der Waals surface area (Å²) in [4.78, 5) is 12.1. The molecule has 19 heavy (non-hydrogen) atoms. The van der Waals surface area contributed by atoms with Crippen molar-refractivity contribution in [1.82, 2.24) is 0 Å². The van der Waals surface area contributed by atoms with Gasteiger partial charge in [-0.3, -0.25) is 4.79 Å². The van der Waals surface area contributed by atoms with Crippen molar-refractivity contribution in [1.29, 1.82) is 0 Å². The molecule has 2 aromatic rings. The van der Waals surface area contributed by atoms with Crippen LogP contribution in [0.15, 0.2) is 48.5 Å². The van der Waals surface area contributed by atoms with Crippen LogP contribution in [0.1, 0.15) is 28.4 Å². The third kappa shape index (κ3) is 3.20. The number of hydrogen-bond donors (Lipinski definition) is 2. The van der Waals surface area contributed by atoms with Gasteiger partial charge in [0, 0.05) is 16.8 Å². The van der Waals surface area contributed by atoms with Gasteiger partial charge in [0.15, 0.2) is 0 Å². The lowest BCUT2D eigenvalue weighted by Gasteiger charge is -2.09. The number of rotatable bonds is 4. The molecule has 3 heteroatoms. The number of carbonyl (C=O) groups is 1. The molecule has 3 nitrogen and oxygen atoms in total. The van der Waals surface area contributed by atoms with Gasteiger partial charge in [-0.1, -0.05) is 37.3 Å². The maximum atomic E-state index is 12.1. The van der Waals surface area contributed by atoms with E-state index in [2.05, 4.69) is 12.2 Å². The summed E-state index contributed by atoms with van der Waals surface area (Å²) in [5.74, 6) is -0.163. The Kier molecular flexibility index (Phi) is 4.31. The SMILES string of the molecule is CCc1ccc(C(=O)Nc2ccccc2CO)cc1. The van der Waals surface area contributed by atoms with Crippen LogP contribution in [0.5, 0.6) is 0 Å². The van der Waals surface area contributed by atoms with Gasteiger partial charge in [0.05, 0.1) is 6.61 Å². The van der Waals surface area contributed by atoms with Crippen molar-refractivity contribution in [3.8, 4) is 0 Å². The maximum absolute atomic E-state index is 12.1. The molecule has 0 heterocycles. The molecule has 0 aliphatic heterocycles. The number of benzene rings is 2. The molecule has 0 aliphatic rings. The number of carbonyl (C=O) groups excluding carboxylic acids is 1. The second kappa shape index (κ2) is 6.16. The molecule has 0 unspecified atom stereocenters.